The Hall–Kier alpha value is -2.67. The van der Waals surface area contributed by atoms with E-state index in [1.807, 2.05) is 20.8 Å². The van der Waals surface area contributed by atoms with Crippen LogP contribution in [0.15, 0.2) is 24.4 Å². The SMILES string of the molecule is CCn1cc(C(=O)Nc2c(C)nn(Cc3ccc(F)cc3Cl)c2C)c(C)n1. The molecule has 0 saturated heterocycles. The lowest BCUT2D eigenvalue weighted by Gasteiger charge is -2.08. The predicted molar refractivity (Wildman–Crippen MR) is 103 cm³/mol. The van der Waals surface area contributed by atoms with Gasteiger partial charge in [-0.15, -0.1) is 0 Å². The second-order valence-electron chi connectivity index (χ2n) is 6.38. The molecule has 0 spiro atoms. The minimum Gasteiger partial charge on any atom is -0.319 e. The Morgan fingerprint density at radius 3 is 2.59 bits per heavy atom. The van der Waals surface area contributed by atoms with E-state index >= 15 is 0 Å². The summed E-state index contributed by atoms with van der Waals surface area (Å²) in [4.78, 5) is 12.7. The number of aryl methyl sites for hydroxylation is 3. The molecule has 2 heterocycles. The molecule has 0 radical (unpaired) electrons. The molecule has 1 aromatic carbocycles. The molecule has 0 unspecified atom stereocenters. The van der Waals surface area contributed by atoms with Gasteiger partial charge in [-0.3, -0.25) is 14.2 Å². The molecule has 3 rings (SSSR count). The highest BCUT2D eigenvalue weighted by Gasteiger charge is 2.19. The summed E-state index contributed by atoms with van der Waals surface area (Å²) in [5.41, 5.74) is 4.10. The van der Waals surface area contributed by atoms with Gasteiger partial charge in [-0.1, -0.05) is 17.7 Å². The maximum absolute atomic E-state index is 13.2. The summed E-state index contributed by atoms with van der Waals surface area (Å²) < 4.78 is 16.7. The van der Waals surface area contributed by atoms with Crippen LogP contribution in [0.3, 0.4) is 0 Å². The second-order valence-corrected chi connectivity index (χ2v) is 6.78. The maximum Gasteiger partial charge on any atom is 0.259 e. The molecule has 1 N–H and O–H groups in total. The number of halogens is 2. The second kappa shape index (κ2) is 7.52. The van der Waals surface area contributed by atoms with Gasteiger partial charge in [0.25, 0.3) is 5.91 Å². The standard InChI is InChI=1S/C19H21ClFN5O/c1-5-25-10-16(11(2)23-25)19(27)22-18-12(3)24-26(13(18)4)9-14-6-7-15(21)8-17(14)20/h6-8,10H,5,9H2,1-4H3,(H,22,27). The van der Waals surface area contributed by atoms with E-state index in [0.29, 0.717) is 40.8 Å². The Bertz CT molecular complexity index is 1010. The summed E-state index contributed by atoms with van der Waals surface area (Å²) in [6, 6.07) is 4.28. The van der Waals surface area contributed by atoms with E-state index < -0.39 is 0 Å². The van der Waals surface area contributed by atoms with Gasteiger partial charge in [0.15, 0.2) is 0 Å². The minimum absolute atomic E-state index is 0.224. The van der Waals surface area contributed by atoms with Crippen LogP contribution in [0.25, 0.3) is 0 Å². The molecule has 27 heavy (non-hydrogen) atoms. The van der Waals surface area contributed by atoms with Crippen molar-refractivity contribution in [2.24, 2.45) is 0 Å². The molecule has 0 aliphatic heterocycles. The fraction of sp³-hybridized carbons (Fsp3) is 0.316. The van der Waals surface area contributed by atoms with Crippen LogP contribution < -0.4 is 5.32 Å². The third kappa shape index (κ3) is 3.88. The lowest BCUT2D eigenvalue weighted by atomic mass is 10.2. The Morgan fingerprint density at radius 1 is 1.22 bits per heavy atom. The van der Waals surface area contributed by atoms with Gasteiger partial charge in [-0.05, 0) is 45.4 Å². The highest BCUT2D eigenvalue weighted by atomic mass is 35.5. The number of hydrogen-bond acceptors (Lipinski definition) is 3. The first-order valence-corrected chi connectivity index (χ1v) is 9.01. The van der Waals surface area contributed by atoms with Crippen molar-refractivity contribution in [1.82, 2.24) is 19.6 Å². The summed E-state index contributed by atoms with van der Waals surface area (Å²) in [7, 11) is 0. The predicted octanol–water partition coefficient (Wildman–Crippen LogP) is 4.12. The topological polar surface area (TPSA) is 64.7 Å². The molecule has 0 saturated carbocycles. The molecule has 0 aliphatic rings. The van der Waals surface area contributed by atoms with Crippen molar-refractivity contribution in [2.75, 3.05) is 5.32 Å². The Balaban J connectivity index is 1.85. The number of benzene rings is 1. The van der Waals surface area contributed by atoms with Crippen LogP contribution in [-0.2, 0) is 13.1 Å². The number of hydrogen-bond donors (Lipinski definition) is 1. The van der Waals surface area contributed by atoms with E-state index in [0.717, 1.165) is 11.3 Å². The first-order valence-electron chi connectivity index (χ1n) is 8.63. The fourth-order valence-electron chi connectivity index (χ4n) is 2.93. The number of amides is 1. The van der Waals surface area contributed by atoms with Gasteiger partial charge in [-0.2, -0.15) is 10.2 Å². The van der Waals surface area contributed by atoms with E-state index in [9.17, 15) is 9.18 Å². The van der Waals surface area contributed by atoms with Gasteiger partial charge < -0.3 is 5.32 Å². The van der Waals surface area contributed by atoms with Gasteiger partial charge in [-0.25, -0.2) is 4.39 Å². The monoisotopic (exact) mass is 389 g/mol. The molecule has 1 amide bonds. The molecular formula is C19H21ClFN5O. The molecule has 8 heteroatoms. The van der Waals surface area contributed by atoms with Gasteiger partial charge in [0, 0.05) is 17.8 Å². The molecule has 0 bridgehead atoms. The summed E-state index contributed by atoms with van der Waals surface area (Å²) >= 11 is 6.12. The molecule has 6 nitrogen and oxygen atoms in total. The van der Waals surface area contributed by atoms with Crippen LogP contribution >= 0.6 is 11.6 Å². The quantitative estimate of drug-likeness (QED) is 0.713. The van der Waals surface area contributed by atoms with Crippen LogP contribution in [0.4, 0.5) is 10.1 Å². The largest absolute Gasteiger partial charge is 0.319 e. The number of carbonyl (C=O) groups excluding carboxylic acids is 1. The lowest BCUT2D eigenvalue weighted by molar-refractivity contribution is 0.102. The Labute approximate surface area is 161 Å². The first-order chi connectivity index (χ1) is 12.8. The van der Waals surface area contributed by atoms with Crippen molar-refractivity contribution >= 4 is 23.2 Å². The molecule has 3 aromatic rings. The van der Waals surface area contributed by atoms with E-state index in [1.165, 1.54) is 12.1 Å². The number of anilines is 1. The van der Waals surface area contributed by atoms with Gasteiger partial charge in [0.2, 0.25) is 0 Å². The van der Waals surface area contributed by atoms with Crippen LogP contribution in [-0.4, -0.2) is 25.5 Å². The van der Waals surface area contributed by atoms with E-state index in [4.69, 9.17) is 11.6 Å². The van der Waals surface area contributed by atoms with Crippen molar-refractivity contribution in [3.8, 4) is 0 Å². The van der Waals surface area contributed by atoms with E-state index in [2.05, 4.69) is 15.5 Å². The van der Waals surface area contributed by atoms with Crippen molar-refractivity contribution < 1.29 is 9.18 Å². The average molecular weight is 390 g/mol. The summed E-state index contributed by atoms with van der Waals surface area (Å²) in [6.07, 6.45) is 1.73. The molecule has 0 atom stereocenters. The van der Waals surface area contributed by atoms with E-state index in [-0.39, 0.29) is 11.7 Å². The number of aromatic nitrogens is 4. The zero-order valence-corrected chi connectivity index (χ0v) is 16.4. The number of rotatable bonds is 5. The highest BCUT2D eigenvalue weighted by Crippen LogP contribution is 2.24. The van der Waals surface area contributed by atoms with Crippen molar-refractivity contribution in [3.05, 3.63) is 63.4 Å². The van der Waals surface area contributed by atoms with Crippen LogP contribution in [0.5, 0.6) is 0 Å². The fourth-order valence-corrected chi connectivity index (χ4v) is 3.15. The number of nitrogens with zero attached hydrogens (tertiary/aromatic N) is 4. The van der Waals surface area contributed by atoms with Crippen molar-refractivity contribution in [3.63, 3.8) is 0 Å². The summed E-state index contributed by atoms with van der Waals surface area (Å²) in [6.45, 7) is 8.55. The maximum atomic E-state index is 13.2. The normalized spacial score (nSPS) is 11.0. The Kier molecular flexibility index (Phi) is 5.32. The van der Waals surface area contributed by atoms with Crippen LogP contribution in [0.2, 0.25) is 5.02 Å². The summed E-state index contributed by atoms with van der Waals surface area (Å²) in [5, 5.41) is 12.1. The van der Waals surface area contributed by atoms with Crippen molar-refractivity contribution in [1.29, 1.82) is 0 Å². The van der Waals surface area contributed by atoms with Gasteiger partial charge >= 0.3 is 0 Å². The van der Waals surface area contributed by atoms with Gasteiger partial charge in [0.1, 0.15) is 5.82 Å². The highest BCUT2D eigenvalue weighted by molar-refractivity contribution is 6.31. The smallest absolute Gasteiger partial charge is 0.259 e. The van der Waals surface area contributed by atoms with Crippen LogP contribution in [0.1, 0.15) is 39.9 Å². The van der Waals surface area contributed by atoms with Gasteiger partial charge in [0.05, 0.1) is 34.9 Å². The minimum atomic E-state index is -0.381. The molecule has 0 fully saturated rings. The molecule has 0 aliphatic carbocycles. The number of nitrogens with one attached hydrogen (secondary N) is 1. The molecule has 2 aromatic heterocycles. The third-order valence-corrected chi connectivity index (χ3v) is 4.82. The Morgan fingerprint density at radius 2 is 1.96 bits per heavy atom. The number of carbonyl (C=O) groups is 1. The zero-order valence-electron chi connectivity index (χ0n) is 15.7. The lowest BCUT2D eigenvalue weighted by Crippen LogP contribution is -2.14. The zero-order chi connectivity index (χ0) is 19.7. The molecule has 142 valence electrons. The van der Waals surface area contributed by atoms with Crippen molar-refractivity contribution in [2.45, 2.75) is 40.8 Å². The molecular weight excluding hydrogens is 369 g/mol. The first kappa shape index (κ1) is 19.1. The summed E-state index contributed by atoms with van der Waals surface area (Å²) in [5.74, 6) is -0.606. The average Bonchev–Trinajstić information content (AvgIpc) is 3.12. The van der Waals surface area contributed by atoms with Crippen LogP contribution in [0, 0.1) is 26.6 Å². The third-order valence-electron chi connectivity index (χ3n) is 4.47. The van der Waals surface area contributed by atoms with E-state index in [1.54, 1.807) is 28.6 Å².